The Bertz CT molecular complexity index is 897. The lowest BCUT2D eigenvalue weighted by Crippen LogP contribution is -2.16. The van der Waals surface area contributed by atoms with Gasteiger partial charge in [-0.05, 0) is 18.7 Å². The molecule has 0 unspecified atom stereocenters. The summed E-state index contributed by atoms with van der Waals surface area (Å²) in [4.78, 5) is 12.6. The van der Waals surface area contributed by atoms with Gasteiger partial charge < -0.3 is 14.0 Å². The average molecular weight is 384 g/mol. The van der Waals surface area contributed by atoms with Crippen molar-refractivity contribution in [2.75, 3.05) is 24.7 Å². The average Bonchev–Trinajstić information content (AvgIpc) is 2.81. The summed E-state index contributed by atoms with van der Waals surface area (Å²) in [7, 11) is 0.836. The quantitative estimate of drug-likeness (QED) is 0.693. The maximum absolute atomic E-state index is 11.9. The Kier molecular flexibility index (Phi) is 5.70. The van der Waals surface area contributed by atoms with Gasteiger partial charge in [-0.3, -0.25) is 4.72 Å². The standard InChI is InChI=1S/C13H16N6O4S2/c1-8-15-11(18-25(20,21)6-5-14)12(19(8)2)24-13-16-9(22-3)7-10(17-13)23-4/h7,18H,6H2,1-4H3. The number of sulfonamides is 1. The maximum Gasteiger partial charge on any atom is 0.247 e. The van der Waals surface area contributed by atoms with Crippen molar-refractivity contribution >= 4 is 27.6 Å². The highest BCUT2D eigenvalue weighted by Crippen LogP contribution is 2.34. The third-order valence-electron chi connectivity index (χ3n) is 3.04. The molecule has 0 saturated carbocycles. The van der Waals surface area contributed by atoms with Crippen molar-refractivity contribution in [3.8, 4) is 17.8 Å². The van der Waals surface area contributed by atoms with Gasteiger partial charge in [-0.1, -0.05) is 0 Å². The fourth-order valence-electron chi connectivity index (χ4n) is 1.77. The first-order valence-electron chi connectivity index (χ1n) is 6.85. The summed E-state index contributed by atoms with van der Waals surface area (Å²) in [6.45, 7) is 1.72. The Morgan fingerprint density at radius 1 is 1.28 bits per heavy atom. The first-order chi connectivity index (χ1) is 11.8. The van der Waals surface area contributed by atoms with E-state index in [1.54, 1.807) is 24.6 Å². The molecule has 2 rings (SSSR count). The highest BCUT2D eigenvalue weighted by Gasteiger charge is 2.21. The van der Waals surface area contributed by atoms with Gasteiger partial charge in [0.2, 0.25) is 26.9 Å². The minimum Gasteiger partial charge on any atom is -0.481 e. The van der Waals surface area contributed by atoms with E-state index in [9.17, 15) is 8.42 Å². The van der Waals surface area contributed by atoms with Crippen LogP contribution in [0.2, 0.25) is 0 Å². The zero-order valence-electron chi connectivity index (χ0n) is 14.0. The number of ether oxygens (including phenoxy) is 2. The van der Waals surface area contributed by atoms with Gasteiger partial charge in [-0.15, -0.1) is 0 Å². The summed E-state index contributed by atoms with van der Waals surface area (Å²) < 4.78 is 37.9. The molecule has 25 heavy (non-hydrogen) atoms. The SMILES string of the molecule is COc1cc(OC)nc(Sc2c(NS(=O)(=O)CC#N)nc(C)n2C)n1. The van der Waals surface area contributed by atoms with Crippen LogP contribution < -0.4 is 14.2 Å². The predicted octanol–water partition coefficient (Wildman–Crippen LogP) is 0.952. The van der Waals surface area contributed by atoms with Crippen molar-refractivity contribution < 1.29 is 17.9 Å². The fraction of sp³-hybridized carbons (Fsp3) is 0.385. The summed E-state index contributed by atoms with van der Waals surface area (Å²) in [5, 5.41) is 9.37. The van der Waals surface area contributed by atoms with Crippen LogP contribution in [0.4, 0.5) is 5.82 Å². The molecular weight excluding hydrogens is 368 g/mol. The van der Waals surface area contributed by atoms with Gasteiger partial charge in [0.1, 0.15) is 10.9 Å². The molecule has 134 valence electrons. The molecule has 10 nitrogen and oxygen atoms in total. The second-order valence-electron chi connectivity index (χ2n) is 4.73. The highest BCUT2D eigenvalue weighted by atomic mass is 32.2. The molecule has 0 aromatic carbocycles. The first kappa shape index (κ1) is 18.8. The van der Waals surface area contributed by atoms with E-state index in [0.717, 1.165) is 11.8 Å². The molecule has 0 bridgehead atoms. The lowest BCUT2D eigenvalue weighted by atomic mass is 10.6. The molecule has 0 aliphatic carbocycles. The summed E-state index contributed by atoms with van der Waals surface area (Å²) in [5.41, 5.74) is 0. The number of nitrogens with one attached hydrogen (secondary N) is 1. The van der Waals surface area contributed by atoms with Gasteiger partial charge in [0.25, 0.3) is 0 Å². The van der Waals surface area contributed by atoms with E-state index in [0.29, 0.717) is 27.8 Å². The molecule has 12 heteroatoms. The summed E-state index contributed by atoms with van der Waals surface area (Å²) in [6, 6.07) is 3.12. The van der Waals surface area contributed by atoms with Crippen molar-refractivity contribution in [3.63, 3.8) is 0 Å². The second-order valence-corrected chi connectivity index (χ2v) is 7.41. The number of anilines is 1. The van der Waals surface area contributed by atoms with Crippen LogP contribution >= 0.6 is 11.8 Å². The van der Waals surface area contributed by atoms with Crippen LogP contribution in [0.3, 0.4) is 0 Å². The third kappa shape index (κ3) is 4.52. The fourth-order valence-corrected chi connectivity index (χ4v) is 3.42. The molecule has 0 aliphatic rings. The van der Waals surface area contributed by atoms with Gasteiger partial charge in [0.05, 0.1) is 26.4 Å². The van der Waals surface area contributed by atoms with E-state index < -0.39 is 15.8 Å². The molecule has 0 radical (unpaired) electrons. The minimum absolute atomic E-state index is 0.102. The Morgan fingerprint density at radius 2 is 1.88 bits per heavy atom. The zero-order chi connectivity index (χ0) is 18.6. The normalized spacial score (nSPS) is 11.0. The molecule has 0 saturated heterocycles. The summed E-state index contributed by atoms with van der Waals surface area (Å²) in [5.74, 6) is 0.619. The number of nitriles is 1. The van der Waals surface area contributed by atoms with Gasteiger partial charge in [0, 0.05) is 7.05 Å². The van der Waals surface area contributed by atoms with Gasteiger partial charge >= 0.3 is 0 Å². The number of methoxy groups -OCH3 is 2. The van der Waals surface area contributed by atoms with Crippen LogP contribution in [0.5, 0.6) is 11.8 Å². The van der Waals surface area contributed by atoms with E-state index in [-0.39, 0.29) is 5.82 Å². The molecular formula is C13H16N6O4S2. The lowest BCUT2D eigenvalue weighted by Gasteiger charge is -2.08. The smallest absolute Gasteiger partial charge is 0.247 e. The Morgan fingerprint density at radius 3 is 2.40 bits per heavy atom. The molecule has 1 N–H and O–H groups in total. The van der Waals surface area contributed by atoms with E-state index in [1.807, 2.05) is 0 Å². The highest BCUT2D eigenvalue weighted by molar-refractivity contribution is 7.99. The number of aryl methyl sites for hydroxylation is 1. The van der Waals surface area contributed by atoms with Crippen molar-refractivity contribution in [3.05, 3.63) is 11.9 Å². The first-order valence-corrected chi connectivity index (χ1v) is 9.32. The monoisotopic (exact) mass is 384 g/mol. The Labute approximate surface area is 149 Å². The largest absolute Gasteiger partial charge is 0.481 e. The minimum atomic E-state index is -3.82. The molecule has 0 spiro atoms. The summed E-state index contributed by atoms with van der Waals surface area (Å²) in [6.07, 6.45) is 0. The van der Waals surface area contributed by atoms with Crippen molar-refractivity contribution in [1.29, 1.82) is 5.26 Å². The van der Waals surface area contributed by atoms with E-state index in [4.69, 9.17) is 14.7 Å². The number of nitrogens with zero attached hydrogens (tertiary/aromatic N) is 5. The van der Waals surface area contributed by atoms with Crippen LogP contribution in [0.1, 0.15) is 5.82 Å². The molecule has 0 atom stereocenters. The van der Waals surface area contributed by atoms with E-state index >= 15 is 0 Å². The number of aromatic nitrogens is 4. The third-order valence-corrected chi connectivity index (χ3v) is 5.08. The number of imidazole rings is 1. The van der Waals surface area contributed by atoms with Gasteiger partial charge in [0.15, 0.2) is 11.6 Å². The van der Waals surface area contributed by atoms with E-state index in [1.165, 1.54) is 20.3 Å². The summed E-state index contributed by atoms with van der Waals surface area (Å²) >= 11 is 1.09. The predicted molar refractivity (Wildman–Crippen MR) is 90.2 cm³/mol. The van der Waals surface area contributed by atoms with Gasteiger partial charge in [-0.25, -0.2) is 13.4 Å². The molecule has 0 amide bonds. The molecule has 0 fully saturated rings. The van der Waals surface area contributed by atoms with Crippen molar-refractivity contribution in [2.45, 2.75) is 17.1 Å². The van der Waals surface area contributed by atoms with Crippen molar-refractivity contribution in [1.82, 2.24) is 19.5 Å². The molecule has 2 aromatic heterocycles. The zero-order valence-corrected chi connectivity index (χ0v) is 15.6. The molecule has 0 aliphatic heterocycles. The maximum atomic E-state index is 11.9. The number of rotatable bonds is 7. The number of hydrogen-bond donors (Lipinski definition) is 1. The number of hydrogen-bond acceptors (Lipinski definition) is 9. The topological polar surface area (TPSA) is 132 Å². The van der Waals surface area contributed by atoms with Crippen LogP contribution in [0, 0.1) is 18.3 Å². The molecule has 2 heterocycles. The molecule has 2 aromatic rings. The van der Waals surface area contributed by atoms with Crippen LogP contribution in [-0.4, -0.2) is 47.9 Å². The lowest BCUT2D eigenvalue weighted by molar-refractivity contribution is 0.364. The van der Waals surface area contributed by atoms with Crippen molar-refractivity contribution in [2.24, 2.45) is 7.05 Å². The van der Waals surface area contributed by atoms with Crippen LogP contribution in [0.15, 0.2) is 16.2 Å². The van der Waals surface area contributed by atoms with Crippen LogP contribution in [0.25, 0.3) is 0 Å². The van der Waals surface area contributed by atoms with E-state index in [2.05, 4.69) is 19.7 Å². The Hall–Kier alpha value is -2.52. The van der Waals surface area contributed by atoms with Gasteiger partial charge in [-0.2, -0.15) is 15.2 Å². The second kappa shape index (κ2) is 7.58. The van der Waals surface area contributed by atoms with Crippen LogP contribution in [-0.2, 0) is 17.1 Å². The Balaban J connectivity index is 2.42.